The maximum Gasteiger partial charge on any atom is 0.293 e. The summed E-state index contributed by atoms with van der Waals surface area (Å²) in [5.41, 5.74) is 2.49. The van der Waals surface area contributed by atoms with E-state index in [1.165, 1.54) is 13.0 Å². The third kappa shape index (κ3) is 3.61. The number of ketones is 1. The average Bonchev–Trinajstić information content (AvgIpc) is 3.16. The number of anilines is 1. The second kappa shape index (κ2) is 7.18. The van der Waals surface area contributed by atoms with E-state index in [2.05, 4.69) is 10.4 Å². The number of benzene rings is 2. The first kappa shape index (κ1) is 17.3. The summed E-state index contributed by atoms with van der Waals surface area (Å²) in [6, 6.07) is 13.9. The number of nitro benzene ring substituents is 1. The number of carbonyl (C=O) groups is 1. The molecule has 3 aromatic rings. The molecule has 132 valence electrons. The summed E-state index contributed by atoms with van der Waals surface area (Å²) in [5, 5.41) is 18.7. The van der Waals surface area contributed by atoms with Gasteiger partial charge in [0.15, 0.2) is 5.78 Å². The van der Waals surface area contributed by atoms with E-state index in [9.17, 15) is 14.9 Å². The van der Waals surface area contributed by atoms with Crippen LogP contribution in [-0.2, 0) is 0 Å². The van der Waals surface area contributed by atoms with Crippen LogP contribution in [-0.4, -0.2) is 20.5 Å². The van der Waals surface area contributed by atoms with E-state index in [0.29, 0.717) is 11.3 Å². The molecule has 7 nitrogen and oxygen atoms in total. The van der Waals surface area contributed by atoms with Crippen LogP contribution in [0.2, 0.25) is 0 Å². The van der Waals surface area contributed by atoms with Gasteiger partial charge in [-0.1, -0.05) is 12.1 Å². The molecule has 0 bridgehead atoms. The van der Waals surface area contributed by atoms with Crippen LogP contribution in [0.1, 0.15) is 35.8 Å². The molecule has 1 atom stereocenters. The van der Waals surface area contributed by atoms with E-state index in [0.717, 1.165) is 11.3 Å². The van der Waals surface area contributed by atoms with Gasteiger partial charge in [-0.25, -0.2) is 4.68 Å². The number of Topliss-reactive ketones (excluding diaryl/α,β-unsaturated/α-hetero) is 1. The highest BCUT2D eigenvalue weighted by atomic mass is 16.6. The maximum absolute atomic E-state index is 11.5. The van der Waals surface area contributed by atoms with Gasteiger partial charge in [-0.05, 0) is 49.7 Å². The minimum atomic E-state index is -0.484. The van der Waals surface area contributed by atoms with Crippen LogP contribution >= 0.6 is 0 Å². The number of hydrogen-bond donors (Lipinski definition) is 1. The van der Waals surface area contributed by atoms with E-state index < -0.39 is 4.92 Å². The molecule has 1 aromatic heterocycles. The first-order valence-corrected chi connectivity index (χ1v) is 8.11. The number of aromatic nitrogens is 2. The van der Waals surface area contributed by atoms with Crippen molar-refractivity contribution in [1.29, 1.82) is 0 Å². The van der Waals surface area contributed by atoms with Crippen molar-refractivity contribution in [3.8, 4) is 5.69 Å². The van der Waals surface area contributed by atoms with E-state index in [4.69, 9.17) is 0 Å². The van der Waals surface area contributed by atoms with Crippen LogP contribution < -0.4 is 5.32 Å². The summed E-state index contributed by atoms with van der Waals surface area (Å²) in [5.74, 6) is -0.207. The van der Waals surface area contributed by atoms with Gasteiger partial charge in [-0.3, -0.25) is 14.9 Å². The lowest BCUT2D eigenvalue weighted by Crippen LogP contribution is -2.09. The molecule has 2 aromatic carbocycles. The Labute approximate surface area is 150 Å². The Hall–Kier alpha value is -3.48. The van der Waals surface area contributed by atoms with Gasteiger partial charge in [-0.15, -0.1) is 0 Å². The second-order valence-electron chi connectivity index (χ2n) is 5.95. The Kier molecular flexibility index (Phi) is 4.79. The molecule has 26 heavy (non-hydrogen) atoms. The zero-order chi connectivity index (χ0) is 18.7. The number of nitrogens with one attached hydrogen (secondary N) is 1. The molecule has 0 aliphatic heterocycles. The number of nitro groups is 1. The van der Waals surface area contributed by atoms with E-state index in [1.54, 1.807) is 23.0 Å². The number of carbonyl (C=O) groups excluding carboxylic acids is 1. The molecule has 0 radical (unpaired) electrons. The largest absolute Gasteiger partial charge is 0.373 e. The van der Waals surface area contributed by atoms with Crippen LogP contribution in [0.4, 0.5) is 11.4 Å². The van der Waals surface area contributed by atoms with Crippen molar-refractivity contribution in [1.82, 2.24) is 9.78 Å². The molecule has 0 spiro atoms. The number of hydrogen-bond acceptors (Lipinski definition) is 5. The number of nitrogens with zero attached hydrogens (tertiary/aromatic N) is 3. The van der Waals surface area contributed by atoms with Crippen molar-refractivity contribution >= 4 is 17.2 Å². The topological polar surface area (TPSA) is 90.1 Å². The SMILES string of the molecule is CC(=O)c1ccc(NC(C)c2ccc(-n3cccn3)cc2)c([N+](=O)[O-])c1. The summed E-state index contributed by atoms with van der Waals surface area (Å²) in [7, 11) is 0. The van der Waals surface area contributed by atoms with Crippen LogP contribution in [0, 0.1) is 10.1 Å². The molecule has 0 aliphatic carbocycles. The lowest BCUT2D eigenvalue weighted by molar-refractivity contribution is -0.384. The predicted molar refractivity (Wildman–Crippen MR) is 98.7 cm³/mol. The Bertz CT molecular complexity index is 934. The Morgan fingerprint density at radius 2 is 1.96 bits per heavy atom. The summed E-state index contributed by atoms with van der Waals surface area (Å²) in [6.45, 7) is 3.31. The van der Waals surface area contributed by atoms with E-state index in [1.807, 2.05) is 43.5 Å². The molecule has 1 unspecified atom stereocenters. The molecule has 0 amide bonds. The Morgan fingerprint density at radius 3 is 2.54 bits per heavy atom. The molecule has 0 saturated heterocycles. The first-order chi connectivity index (χ1) is 12.5. The van der Waals surface area contributed by atoms with E-state index >= 15 is 0 Å². The van der Waals surface area contributed by atoms with Crippen molar-refractivity contribution < 1.29 is 9.72 Å². The van der Waals surface area contributed by atoms with Gasteiger partial charge in [0.25, 0.3) is 5.69 Å². The van der Waals surface area contributed by atoms with Crippen LogP contribution in [0.15, 0.2) is 60.9 Å². The predicted octanol–water partition coefficient (Wildman–Crippen LogP) is 4.16. The van der Waals surface area contributed by atoms with Gasteiger partial charge in [0, 0.05) is 30.1 Å². The quantitative estimate of drug-likeness (QED) is 0.410. The highest BCUT2D eigenvalue weighted by molar-refractivity contribution is 5.95. The molecule has 1 N–H and O–H groups in total. The fourth-order valence-electron chi connectivity index (χ4n) is 2.68. The molecule has 7 heteroatoms. The summed E-state index contributed by atoms with van der Waals surface area (Å²) < 4.78 is 1.76. The highest BCUT2D eigenvalue weighted by Gasteiger charge is 2.18. The maximum atomic E-state index is 11.5. The summed E-state index contributed by atoms with van der Waals surface area (Å²) in [6.07, 6.45) is 3.57. The van der Waals surface area contributed by atoms with Gasteiger partial charge in [-0.2, -0.15) is 5.10 Å². The van der Waals surface area contributed by atoms with Gasteiger partial charge >= 0.3 is 0 Å². The van der Waals surface area contributed by atoms with Gasteiger partial charge < -0.3 is 5.32 Å². The molecule has 0 aliphatic rings. The van der Waals surface area contributed by atoms with Crippen molar-refractivity contribution in [2.45, 2.75) is 19.9 Å². The molecule has 0 fully saturated rings. The Balaban J connectivity index is 1.82. The first-order valence-electron chi connectivity index (χ1n) is 8.11. The van der Waals surface area contributed by atoms with E-state index in [-0.39, 0.29) is 17.5 Å². The normalized spacial score (nSPS) is 11.8. The molecule has 0 saturated carbocycles. The van der Waals surface area contributed by atoms with Crippen molar-refractivity contribution in [2.24, 2.45) is 0 Å². The Morgan fingerprint density at radius 1 is 1.23 bits per heavy atom. The zero-order valence-electron chi connectivity index (χ0n) is 14.4. The summed E-state index contributed by atoms with van der Waals surface area (Å²) >= 11 is 0. The van der Waals surface area contributed by atoms with Gasteiger partial charge in [0.05, 0.1) is 10.6 Å². The lowest BCUT2D eigenvalue weighted by atomic mass is 10.1. The fourth-order valence-corrected chi connectivity index (χ4v) is 2.68. The molecular formula is C19H18N4O3. The highest BCUT2D eigenvalue weighted by Crippen LogP contribution is 2.29. The second-order valence-corrected chi connectivity index (χ2v) is 5.95. The fraction of sp³-hybridized carbons (Fsp3) is 0.158. The lowest BCUT2D eigenvalue weighted by Gasteiger charge is -2.16. The minimum Gasteiger partial charge on any atom is -0.373 e. The van der Waals surface area contributed by atoms with Crippen LogP contribution in [0.5, 0.6) is 0 Å². The standard InChI is InChI=1S/C19H18N4O3/c1-13(15-4-7-17(8-5-15)22-11-3-10-20-22)21-18-9-6-16(14(2)24)12-19(18)23(25)26/h3-13,21H,1-2H3. The third-order valence-electron chi connectivity index (χ3n) is 4.13. The number of rotatable bonds is 6. The van der Waals surface area contributed by atoms with Crippen molar-refractivity contribution in [3.63, 3.8) is 0 Å². The molecule has 3 rings (SSSR count). The van der Waals surface area contributed by atoms with Crippen LogP contribution in [0.25, 0.3) is 5.69 Å². The monoisotopic (exact) mass is 350 g/mol. The smallest absolute Gasteiger partial charge is 0.293 e. The van der Waals surface area contributed by atoms with Crippen molar-refractivity contribution in [2.75, 3.05) is 5.32 Å². The average molecular weight is 350 g/mol. The van der Waals surface area contributed by atoms with Gasteiger partial charge in [0.2, 0.25) is 0 Å². The van der Waals surface area contributed by atoms with Crippen LogP contribution in [0.3, 0.4) is 0 Å². The van der Waals surface area contributed by atoms with Crippen molar-refractivity contribution in [3.05, 3.63) is 82.2 Å². The molecular weight excluding hydrogens is 332 g/mol. The van der Waals surface area contributed by atoms with Gasteiger partial charge in [0.1, 0.15) is 5.69 Å². The summed E-state index contributed by atoms with van der Waals surface area (Å²) in [4.78, 5) is 22.3. The minimum absolute atomic E-state index is 0.113. The zero-order valence-corrected chi connectivity index (χ0v) is 14.4. The third-order valence-corrected chi connectivity index (χ3v) is 4.13. The molecule has 1 heterocycles.